The lowest BCUT2D eigenvalue weighted by Crippen LogP contribution is -2.53. The minimum Gasteiger partial charge on any atom is -0.368 e. The lowest BCUT2D eigenvalue weighted by atomic mass is 10.1. The van der Waals surface area contributed by atoms with Crippen LogP contribution in [-0.2, 0) is 4.79 Å². The van der Waals surface area contributed by atoms with Gasteiger partial charge in [-0.3, -0.25) is 9.69 Å². The zero-order valence-electron chi connectivity index (χ0n) is 9.91. The quantitative estimate of drug-likeness (QED) is 0.713. The lowest BCUT2D eigenvalue weighted by Gasteiger charge is -2.37. The second-order valence-corrected chi connectivity index (χ2v) is 4.20. The SMILES string of the molecule is CCCN1CCN(C(CC)C(N)=O)CC1. The van der Waals surface area contributed by atoms with Crippen LogP contribution in [0, 0.1) is 0 Å². The van der Waals surface area contributed by atoms with Crippen LogP contribution in [0.2, 0.25) is 0 Å². The minimum atomic E-state index is -0.179. The van der Waals surface area contributed by atoms with E-state index in [1.54, 1.807) is 0 Å². The number of carbonyl (C=O) groups excluding carboxylic acids is 1. The van der Waals surface area contributed by atoms with E-state index in [1.165, 1.54) is 13.0 Å². The number of piperazine rings is 1. The molecule has 0 aliphatic carbocycles. The molecule has 0 bridgehead atoms. The van der Waals surface area contributed by atoms with Gasteiger partial charge in [0.15, 0.2) is 0 Å². The Bertz CT molecular complexity index is 200. The number of amides is 1. The number of primary amides is 1. The van der Waals surface area contributed by atoms with Crippen molar-refractivity contribution in [2.24, 2.45) is 5.73 Å². The Labute approximate surface area is 92.4 Å². The van der Waals surface area contributed by atoms with Gasteiger partial charge in [0.1, 0.15) is 0 Å². The van der Waals surface area contributed by atoms with Crippen LogP contribution in [0.4, 0.5) is 0 Å². The average molecular weight is 213 g/mol. The first-order chi connectivity index (χ1) is 7.19. The van der Waals surface area contributed by atoms with Gasteiger partial charge >= 0.3 is 0 Å². The molecule has 1 aliphatic heterocycles. The maximum absolute atomic E-state index is 11.2. The molecule has 0 aromatic heterocycles. The van der Waals surface area contributed by atoms with Gasteiger partial charge < -0.3 is 10.6 Å². The van der Waals surface area contributed by atoms with Crippen LogP contribution in [0.25, 0.3) is 0 Å². The molecule has 0 spiro atoms. The van der Waals surface area contributed by atoms with E-state index in [0.717, 1.165) is 32.6 Å². The van der Waals surface area contributed by atoms with Crippen LogP contribution in [0.5, 0.6) is 0 Å². The van der Waals surface area contributed by atoms with E-state index in [0.29, 0.717) is 0 Å². The van der Waals surface area contributed by atoms with Gasteiger partial charge in [-0.25, -0.2) is 0 Å². The van der Waals surface area contributed by atoms with Crippen molar-refractivity contribution < 1.29 is 4.79 Å². The third-order valence-electron chi connectivity index (χ3n) is 3.10. The fourth-order valence-electron chi connectivity index (χ4n) is 2.25. The zero-order chi connectivity index (χ0) is 11.3. The topological polar surface area (TPSA) is 49.6 Å². The van der Waals surface area contributed by atoms with Gasteiger partial charge in [-0.15, -0.1) is 0 Å². The van der Waals surface area contributed by atoms with Crippen molar-refractivity contribution >= 4 is 5.91 Å². The lowest BCUT2D eigenvalue weighted by molar-refractivity contribution is -0.124. The normalized spacial score (nSPS) is 21.5. The Morgan fingerprint density at radius 2 is 1.87 bits per heavy atom. The molecule has 0 radical (unpaired) electrons. The third kappa shape index (κ3) is 3.47. The molecule has 0 saturated carbocycles. The Balaban J connectivity index is 2.38. The van der Waals surface area contributed by atoms with Crippen LogP contribution >= 0.6 is 0 Å². The summed E-state index contributed by atoms with van der Waals surface area (Å²) >= 11 is 0. The number of hydrogen-bond acceptors (Lipinski definition) is 3. The van der Waals surface area contributed by atoms with Gasteiger partial charge in [0.2, 0.25) is 5.91 Å². The molecule has 0 aromatic rings. The van der Waals surface area contributed by atoms with Crippen molar-refractivity contribution in [1.82, 2.24) is 9.80 Å². The Hall–Kier alpha value is -0.610. The van der Waals surface area contributed by atoms with Gasteiger partial charge in [0.25, 0.3) is 0 Å². The molecule has 1 atom stereocenters. The molecule has 4 nitrogen and oxygen atoms in total. The van der Waals surface area contributed by atoms with E-state index in [-0.39, 0.29) is 11.9 Å². The van der Waals surface area contributed by atoms with Gasteiger partial charge in [-0.2, -0.15) is 0 Å². The van der Waals surface area contributed by atoms with Gasteiger partial charge in [-0.05, 0) is 19.4 Å². The number of nitrogens with two attached hydrogens (primary N) is 1. The van der Waals surface area contributed by atoms with Crippen LogP contribution in [0.3, 0.4) is 0 Å². The van der Waals surface area contributed by atoms with E-state index in [2.05, 4.69) is 16.7 Å². The summed E-state index contributed by atoms with van der Waals surface area (Å²) in [6.07, 6.45) is 2.02. The summed E-state index contributed by atoms with van der Waals surface area (Å²) < 4.78 is 0. The molecule has 1 aliphatic rings. The highest BCUT2D eigenvalue weighted by Crippen LogP contribution is 2.09. The molecule has 1 fully saturated rings. The molecule has 1 heterocycles. The second kappa shape index (κ2) is 6.08. The molecular weight excluding hydrogens is 190 g/mol. The van der Waals surface area contributed by atoms with Crippen molar-refractivity contribution in [3.05, 3.63) is 0 Å². The first-order valence-electron chi connectivity index (χ1n) is 5.94. The average Bonchev–Trinajstić information content (AvgIpc) is 2.21. The van der Waals surface area contributed by atoms with Crippen LogP contribution in [-0.4, -0.2) is 54.5 Å². The number of carbonyl (C=O) groups is 1. The Kier molecular flexibility index (Phi) is 5.05. The standard InChI is InChI=1S/C11H23N3O/c1-3-5-13-6-8-14(9-7-13)10(4-2)11(12)15/h10H,3-9H2,1-2H3,(H2,12,15). The molecule has 1 unspecified atom stereocenters. The molecule has 4 heteroatoms. The molecular formula is C11H23N3O. The summed E-state index contributed by atoms with van der Waals surface area (Å²) in [6, 6.07) is -0.0613. The largest absolute Gasteiger partial charge is 0.368 e. The smallest absolute Gasteiger partial charge is 0.234 e. The van der Waals surface area contributed by atoms with Crippen molar-refractivity contribution in [1.29, 1.82) is 0 Å². The van der Waals surface area contributed by atoms with Crippen LogP contribution in [0.15, 0.2) is 0 Å². The van der Waals surface area contributed by atoms with Crippen molar-refractivity contribution in [2.45, 2.75) is 32.7 Å². The number of rotatable bonds is 5. The second-order valence-electron chi connectivity index (χ2n) is 4.20. The van der Waals surface area contributed by atoms with Crippen LogP contribution in [0.1, 0.15) is 26.7 Å². The molecule has 2 N–H and O–H groups in total. The minimum absolute atomic E-state index is 0.0613. The fourth-order valence-corrected chi connectivity index (χ4v) is 2.25. The highest BCUT2D eigenvalue weighted by molar-refractivity contribution is 5.79. The van der Waals surface area contributed by atoms with E-state index in [1.807, 2.05) is 6.92 Å². The summed E-state index contributed by atoms with van der Waals surface area (Å²) in [6.45, 7) is 9.47. The maximum Gasteiger partial charge on any atom is 0.234 e. The first kappa shape index (κ1) is 12.5. The Morgan fingerprint density at radius 3 is 2.27 bits per heavy atom. The highest BCUT2D eigenvalue weighted by Gasteiger charge is 2.25. The van der Waals surface area contributed by atoms with Crippen molar-refractivity contribution in [3.63, 3.8) is 0 Å². The van der Waals surface area contributed by atoms with E-state index >= 15 is 0 Å². The number of nitrogens with zero attached hydrogens (tertiary/aromatic N) is 2. The van der Waals surface area contributed by atoms with E-state index < -0.39 is 0 Å². The maximum atomic E-state index is 11.2. The molecule has 0 aromatic carbocycles. The summed E-state index contributed by atoms with van der Waals surface area (Å²) in [5.74, 6) is -0.179. The molecule has 88 valence electrons. The number of hydrogen-bond donors (Lipinski definition) is 1. The third-order valence-corrected chi connectivity index (χ3v) is 3.10. The fraction of sp³-hybridized carbons (Fsp3) is 0.909. The van der Waals surface area contributed by atoms with Crippen molar-refractivity contribution in [3.8, 4) is 0 Å². The molecule has 15 heavy (non-hydrogen) atoms. The van der Waals surface area contributed by atoms with Gasteiger partial charge in [0.05, 0.1) is 6.04 Å². The van der Waals surface area contributed by atoms with E-state index in [9.17, 15) is 4.79 Å². The molecule has 1 amide bonds. The van der Waals surface area contributed by atoms with Crippen LogP contribution < -0.4 is 5.73 Å². The van der Waals surface area contributed by atoms with Crippen molar-refractivity contribution in [2.75, 3.05) is 32.7 Å². The summed E-state index contributed by atoms with van der Waals surface area (Å²) in [4.78, 5) is 15.9. The van der Waals surface area contributed by atoms with Gasteiger partial charge in [-0.1, -0.05) is 13.8 Å². The Morgan fingerprint density at radius 1 is 1.27 bits per heavy atom. The van der Waals surface area contributed by atoms with Gasteiger partial charge in [0, 0.05) is 26.2 Å². The summed E-state index contributed by atoms with van der Waals surface area (Å²) in [7, 11) is 0. The predicted molar refractivity (Wildman–Crippen MR) is 61.6 cm³/mol. The highest BCUT2D eigenvalue weighted by atomic mass is 16.1. The summed E-state index contributed by atoms with van der Waals surface area (Å²) in [5, 5.41) is 0. The zero-order valence-corrected chi connectivity index (χ0v) is 9.91. The summed E-state index contributed by atoms with van der Waals surface area (Å²) in [5.41, 5.74) is 5.38. The first-order valence-corrected chi connectivity index (χ1v) is 5.94. The predicted octanol–water partition coefficient (Wildman–Crippen LogP) is 0.278. The van der Waals surface area contributed by atoms with E-state index in [4.69, 9.17) is 5.73 Å². The monoisotopic (exact) mass is 213 g/mol. The molecule has 1 saturated heterocycles. The molecule has 1 rings (SSSR count).